The summed E-state index contributed by atoms with van der Waals surface area (Å²) >= 11 is 0. The van der Waals surface area contributed by atoms with Crippen molar-refractivity contribution in [3.05, 3.63) is 60.8 Å². The van der Waals surface area contributed by atoms with E-state index < -0.39 is 12.1 Å². The van der Waals surface area contributed by atoms with Gasteiger partial charge < -0.3 is 15.5 Å². The third kappa shape index (κ3) is 33.5. The third-order valence-corrected chi connectivity index (χ3v) is 8.45. The molecule has 0 saturated carbocycles. The van der Waals surface area contributed by atoms with Crippen LogP contribution in [0.25, 0.3) is 0 Å². The van der Waals surface area contributed by atoms with Crippen molar-refractivity contribution in [1.29, 1.82) is 0 Å². The summed E-state index contributed by atoms with van der Waals surface area (Å²) in [6, 6.07) is -0.653. The summed E-state index contributed by atoms with van der Waals surface area (Å²) in [6.45, 7) is 4.25. The minimum Gasteiger partial charge on any atom is -0.394 e. The fourth-order valence-corrected chi connectivity index (χ4v) is 5.41. The summed E-state index contributed by atoms with van der Waals surface area (Å²) < 4.78 is 0. The van der Waals surface area contributed by atoms with Gasteiger partial charge in [0.15, 0.2) is 0 Å². The molecule has 0 heterocycles. The highest BCUT2D eigenvalue weighted by molar-refractivity contribution is 5.76. The molecule has 2 atom stereocenters. The maximum Gasteiger partial charge on any atom is 0.220 e. The van der Waals surface area contributed by atoms with Crippen LogP contribution in [0.1, 0.15) is 181 Å². The molecular weight excluding hydrogens is 566 g/mol. The van der Waals surface area contributed by atoms with E-state index in [1.165, 1.54) is 103 Å². The highest BCUT2D eigenvalue weighted by Gasteiger charge is 2.17. The quantitative estimate of drug-likeness (QED) is 0.0483. The van der Waals surface area contributed by atoms with Crippen molar-refractivity contribution >= 4 is 5.91 Å². The molecular formula is C42H75NO3. The topological polar surface area (TPSA) is 69.6 Å². The van der Waals surface area contributed by atoms with Crippen molar-refractivity contribution in [3.63, 3.8) is 0 Å². The number of hydrogen-bond acceptors (Lipinski definition) is 3. The van der Waals surface area contributed by atoms with E-state index in [1.807, 2.05) is 6.08 Å². The lowest BCUT2D eigenvalue weighted by Gasteiger charge is -2.19. The van der Waals surface area contributed by atoms with Gasteiger partial charge >= 0.3 is 0 Å². The van der Waals surface area contributed by atoms with Crippen LogP contribution in [0.15, 0.2) is 60.8 Å². The Morgan fingerprint density at radius 1 is 0.522 bits per heavy atom. The average Bonchev–Trinajstić information content (AvgIpc) is 3.06. The van der Waals surface area contributed by atoms with Crippen LogP contribution in [0, 0.1) is 0 Å². The lowest BCUT2D eigenvalue weighted by Crippen LogP contribution is -2.45. The maximum absolute atomic E-state index is 12.3. The Morgan fingerprint density at radius 3 is 1.41 bits per heavy atom. The van der Waals surface area contributed by atoms with E-state index in [-0.39, 0.29) is 12.5 Å². The SMILES string of the molecule is CCCCCC/C=C\C/C=C\CCCCCCCC(=O)NC(CO)C(O)/C=C/CC/C=C/CC/C=C/CCCCCCCCCC. The first-order chi connectivity index (χ1) is 22.7. The fraction of sp³-hybridized carbons (Fsp3) is 0.738. The predicted octanol–water partition coefficient (Wildman–Crippen LogP) is 11.8. The largest absolute Gasteiger partial charge is 0.394 e. The number of aliphatic hydroxyl groups is 2. The highest BCUT2D eigenvalue weighted by Crippen LogP contribution is 2.11. The van der Waals surface area contributed by atoms with Crippen LogP contribution < -0.4 is 5.32 Å². The number of rotatable bonds is 34. The molecule has 4 heteroatoms. The summed E-state index contributed by atoms with van der Waals surface area (Å²) in [5.74, 6) is -0.0948. The van der Waals surface area contributed by atoms with Crippen LogP contribution >= 0.6 is 0 Å². The zero-order valence-electron chi connectivity index (χ0n) is 30.3. The zero-order valence-corrected chi connectivity index (χ0v) is 30.3. The van der Waals surface area contributed by atoms with Gasteiger partial charge in [0.2, 0.25) is 5.91 Å². The van der Waals surface area contributed by atoms with E-state index in [9.17, 15) is 15.0 Å². The van der Waals surface area contributed by atoms with Gasteiger partial charge in [0, 0.05) is 6.42 Å². The van der Waals surface area contributed by atoms with Crippen LogP contribution in [0.4, 0.5) is 0 Å². The second-order valence-corrected chi connectivity index (χ2v) is 13.0. The van der Waals surface area contributed by atoms with E-state index in [4.69, 9.17) is 0 Å². The Hall–Kier alpha value is -1.91. The van der Waals surface area contributed by atoms with E-state index in [0.29, 0.717) is 6.42 Å². The Labute approximate surface area is 286 Å². The van der Waals surface area contributed by atoms with Crippen LogP contribution in [0.5, 0.6) is 0 Å². The zero-order chi connectivity index (χ0) is 33.6. The van der Waals surface area contributed by atoms with Crippen LogP contribution in [0.2, 0.25) is 0 Å². The molecule has 1 amide bonds. The summed E-state index contributed by atoms with van der Waals surface area (Å²) in [6.07, 6.45) is 51.6. The molecule has 2 unspecified atom stereocenters. The molecule has 0 aliphatic carbocycles. The molecule has 46 heavy (non-hydrogen) atoms. The maximum atomic E-state index is 12.3. The van der Waals surface area contributed by atoms with Gasteiger partial charge in [-0.25, -0.2) is 0 Å². The van der Waals surface area contributed by atoms with Crippen LogP contribution in [-0.2, 0) is 4.79 Å². The normalized spacial score (nSPS) is 13.7. The first-order valence-corrected chi connectivity index (χ1v) is 19.5. The lowest BCUT2D eigenvalue weighted by molar-refractivity contribution is -0.123. The average molecular weight is 642 g/mol. The third-order valence-electron chi connectivity index (χ3n) is 8.45. The molecule has 0 saturated heterocycles. The van der Waals surface area contributed by atoms with Gasteiger partial charge in [-0.3, -0.25) is 4.79 Å². The van der Waals surface area contributed by atoms with Gasteiger partial charge in [-0.2, -0.15) is 0 Å². The molecule has 3 N–H and O–H groups in total. The van der Waals surface area contributed by atoms with E-state index in [1.54, 1.807) is 6.08 Å². The molecule has 0 aromatic rings. The summed E-state index contributed by atoms with van der Waals surface area (Å²) in [5, 5.41) is 22.9. The van der Waals surface area contributed by atoms with Gasteiger partial charge in [0.1, 0.15) is 0 Å². The summed E-state index contributed by atoms with van der Waals surface area (Å²) in [4.78, 5) is 12.3. The minimum atomic E-state index is -0.876. The van der Waals surface area contributed by atoms with Gasteiger partial charge in [-0.15, -0.1) is 0 Å². The highest BCUT2D eigenvalue weighted by atomic mass is 16.3. The Kier molecular flexibility index (Phi) is 36.0. The first kappa shape index (κ1) is 44.1. The summed E-state index contributed by atoms with van der Waals surface area (Å²) in [7, 11) is 0. The smallest absolute Gasteiger partial charge is 0.220 e. The van der Waals surface area contributed by atoms with E-state index in [2.05, 4.69) is 67.8 Å². The van der Waals surface area contributed by atoms with Gasteiger partial charge in [-0.1, -0.05) is 158 Å². The second-order valence-electron chi connectivity index (χ2n) is 13.0. The molecule has 0 fully saturated rings. The molecule has 0 aromatic heterocycles. The Balaban J connectivity index is 3.74. The Bertz CT molecular complexity index is 782. The number of allylic oxidation sites excluding steroid dienone is 9. The molecule has 0 aliphatic heterocycles. The number of unbranched alkanes of at least 4 members (excludes halogenated alkanes) is 19. The fourth-order valence-electron chi connectivity index (χ4n) is 5.41. The van der Waals surface area contributed by atoms with Crippen molar-refractivity contribution in [2.45, 2.75) is 193 Å². The molecule has 0 aliphatic rings. The monoisotopic (exact) mass is 642 g/mol. The first-order valence-electron chi connectivity index (χ1n) is 19.5. The van der Waals surface area contributed by atoms with Crippen molar-refractivity contribution in [3.8, 4) is 0 Å². The van der Waals surface area contributed by atoms with Crippen molar-refractivity contribution < 1.29 is 15.0 Å². The van der Waals surface area contributed by atoms with Crippen LogP contribution in [0.3, 0.4) is 0 Å². The lowest BCUT2D eigenvalue weighted by atomic mass is 10.1. The molecule has 0 aromatic carbocycles. The molecule has 0 bridgehead atoms. The number of carbonyl (C=O) groups excluding carboxylic acids is 1. The number of hydrogen-bond donors (Lipinski definition) is 3. The van der Waals surface area contributed by atoms with Gasteiger partial charge in [-0.05, 0) is 77.0 Å². The van der Waals surface area contributed by atoms with Crippen molar-refractivity contribution in [2.75, 3.05) is 6.61 Å². The van der Waals surface area contributed by atoms with Gasteiger partial charge in [0.05, 0.1) is 18.8 Å². The molecule has 0 rings (SSSR count). The minimum absolute atomic E-state index is 0.0948. The molecule has 0 radical (unpaired) electrons. The van der Waals surface area contributed by atoms with Gasteiger partial charge in [0.25, 0.3) is 0 Å². The molecule has 266 valence electrons. The van der Waals surface area contributed by atoms with Crippen LogP contribution in [-0.4, -0.2) is 34.9 Å². The number of nitrogens with one attached hydrogen (secondary N) is 1. The number of aliphatic hydroxyl groups excluding tert-OH is 2. The van der Waals surface area contributed by atoms with Crippen molar-refractivity contribution in [2.24, 2.45) is 0 Å². The number of carbonyl (C=O) groups is 1. The summed E-state index contributed by atoms with van der Waals surface area (Å²) in [5.41, 5.74) is 0. The Morgan fingerprint density at radius 2 is 0.913 bits per heavy atom. The second kappa shape index (κ2) is 37.5. The van der Waals surface area contributed by atoms with Crippen molar-refractivity contribution in [1.82, 2.24) is 5.32 Å². The van der Waals surface area contributed by atoms with E-state index in [0.717, 1.165) is 57.8 Å². The number of amides is 1. The van der Waals surface area contributed by atoms with E-state index >= 15 is 0 Å². The predicted molar refractivity (Wildman–Crippen MR) is 202 cm³/mol. The standard InChI is InChI=1S/C42H75NO3/c1-3-5-7-9-11-13-15-17-19-21-22-23-25-27-29-31-33-35-37-41(45)40(39-44)43-42(46)38-36-34-32-30-28-26-24-20-18-16-14-12-10-8-6-4-2/h14,16,20-22,24,27,29,35,37,40-41,44-45H,3-13,15,17-19,23,25-26,28,30-34,36,38-39H2,1-2H3,(H,43,46)/b16-14-,22-21+,24-20-,29-27+,37-35+. The molecule has 0 spiro atoms. The molecule has 4 nitrogen and oxygen atoms in total.